The Bertz CT molecular complexity index is 2610. The number of carbonyl (C=O) groups is 4. The van der Waals surface area contributed by atoms with Crippen LogP contribution >= 0.6 is 11.3 Å². The Morgan fingerprint density at radius 2 is 1.71 bits per heavy atom. The van der Waals surface area contributed by atoms with Crippen molar-refractivity contribution in [3.05, 3.63) is 106 Å². The maximum atomic E-state index is 16.0. The van der Waals surface area contributed by atoms with E-state index in [9.17, 15) is 24.3 Å². The van der Waals surface area contributed by atoms with Crippen molar-refractivity contribution in [2.24, 2.45) is 0 Å². The first-order chi connectivity index (χ1) is 31.6. The summed E-state index contributed by atoms with van der Waals surface area (Å²) < 4.78 is 33.2. The quantitative estimate of drug-likeness (QED) is 0.136. The summed E-state index contributed by atoms with van der Waals surface area (Å²) in [4.78, 5) is 71.9. The van der Waals surface area contributed by atoms with Crippen LogP contribution in [0.15, 0.2) is 66.6 Å². The number of nitrogens with zero attached hydrogens (tertiary/aromatic N) is 8. The number of aromatic nitrogens is 4. The predicted molar refractivity (Wildman–Crippen MR) is 238 cm³/mol. The number of halogens is 2. The zero-order valence-corrected chi connectivity index (χ0v) is 36.4. The molecule has 0 spiro atoms. The number of hydrogen-bond donors (Lipinski definition) is 4. The molecule has 5 aliphatic rings. The number of piperidine rings is 2. The third-order valence-electron chi connectivity index (χ3n) is 13.4. The molecule has 5 aliphatic heterocycles. The lowest BCUT2D eigenvalue weighted by Crippen LogP contribution is -2.51. The normalized spacial score (nSPS) is 21.0. The largest absolute Gasteiger partial charge is 0.374 e. The molecule has 8 heterocycles. The minimum absolute atomic E-state index is 0.0289. The molecule has 5 aromatic rings. The molecule has 338 valence electrons. The van der Waals surface area contributed by atoms with Gasteiger partial charge in [-0.25, -0.2) is 18.7 Å². The highest BCUT2D eigenvalue weighted by molar-refractivity contribution is 7.13. The topological polar surface area (TPSA) is 181 Å². The minimum atomic E-state index is -1.25. The Morgan fingerprint density at radius 1 is 0.908 bits per heavy atom. The van der Waals surface area contributed by atoms with Gasteiger partial charge in [0, 0.05) is 91.8 Å². The van der Waals surface area contributed by atoms with Crippen LogP contribution in [0.1, 0.15) is 78.5 Å². The van der Waals surface area contributed by atoms with Crippen molar-refractivity contribution in [1.29, 1.82) is 0 Å². The number of pyridine rings is 1. The van der Waals surface area contributed by atoms with Gasteiger partial charge in [0.2, 0.25) is 23.6 Å². The average molecular weight is 906 g/mol. The van der Waals surface area contributed by atoms with Gasteiger partial charge in [0.05, 0.1) is 36.1 Å². The Balaban J connectivity index is 0.724. The average Bonchev–Trinajstić information content (AvgIpc) is 4.13. The fourth-order valence-corrected chi connectivity index (χ4v) is 10.5. The highest BCUT2D eigenvalue weighted by atomic mass is 32.1. The molecule has 3 saturated heterocycles. The van der Waals surface area contributed by atoms with Crippen molar-refractivity contribution < 1.29 is 33.1 Å². The Hall–Kier alpha value is -6.15. The maximum absolute atomic E-state index is 16.0. The number of amides is 4. The van der Waals surface area contributed by atoms with E-state index >= 15 is 8.78 Å². The molecule has 2 aromatic carbocycles. The highest BCUT2D eigenvalue weighted by Crippen LogP contribution is 2.43. The van der Waals surface area contributed by atoms with Crippen molar-refractivity contribution in [1.82, 2.24) is 39.5 Å². The summed E-state index contributed by atoms with van der Waals surface area (Å²) in [6.07, 6.45) is 7.19. The van der Waals surface area contributed by atoms with E-state index in [4.69, 9.17) is 0 Å². The molecule has 0 radical (unpaired) electrons. The summed E-state index contributed by atoms with van der Waals surface area (Å²) >= 11 is 1.29. The number of fused-ring (bicyclic) bond motifs is 2. The van der Waals surface area contributed by atoms with Gasteiger partial charge in [0.15, 0.2) is 5.13 Å². The second-order valence-corrected chi connectivity index (χ2v) is 18.3. The molecule has 10 rings (SSSR count). The molecule has 4 N–H and O–H groups in total. The lowest BCUT2D eigenvalue weighted by Gasteiger charge is -2.38. The van der Waals surface area contributed by atoms with Crippen molar-refractivity contribution >= 4 is 51.5 Å². The molecule has 0 aliphatic carbocycles. The van der Waals surface area contributed by atoms with Gasteiger partial charge in [-0.15, -0.1) is 11.3 Å². The Morgan fingerprint density at radius 3 is 2.45 bits per heavy atom. The summed E-state index contributed by atoms with van der Waals surface area (Å²) in [7, 11) is 0. The van der Waals surface area contributed by atoms with Gasteiger partial charge < -0.3 is 30.1 Å². The first-order valence-corrected chi connectivity index (χ1v) is 23.1. The fraction of sp³-hybridized carbons (Fsp3) is 0.413. The Kier molecular flexibility index (Phi) is 11.9. The summed E-state index contributed by atoms with van der Waals surface area (Å²) in [6.45, 7) is 4.86. The van der Waals surface area contributed by atoms with Gasteiger partial charge in [-0.2, -0.15) is 0 Å². The number of imidazole rings is 1. The van der Waals surface area contributed by atoms with Gasteiger partial charge >= 0.3 is 0 Å². The van der Waals surface area contributed by atoms with Crippen LogP contribution in [0.5, 0.6) is 0 Å². The van der Waals surface area contributed by atoms with Gasteiger partial charge in [-0.05, 0) is 80.6 Å². The number of carbonyl (C=O) groups excluding carboxylic acids is 4. The number of aliphatic hydroxyl groups is 1. The van der Waals surface area contributed by atoms with E-state index in [0.717, 1.165) is 36.3 Å². The first-order valence-electron chi connectivity index (χ1n) is 22.2. The number of likely N-dealkylation sites (tertiary alicyclic amines) is 1. The zero-order valence-electron chi connectivity index (χ0n) is 35.6. The van der Waals surface area contributed by atoms with E-state index in [0.29, 0.717) is 104 Å². The molecule has 3 unspecified atom stereocenters. The van der Waals surface area contributed by atoms with Crippen molar-refractivity contribution in [2.45, 2.75) is 75.8 Å². The molecule has 16 nitrogen and oxygen atoms in total. The van der Waals surface area contributed by atoms with Crippen LogP contribution in [0.2, 0.25) is 0 Å². The number of benzene rings is 2. The number of thiazole rings is 1. The second kappa shape index (κ2) is 18.0. The fourth-order valence-electron chi connectivity index (χ4n) is 9.92. The van der Waals surface area contributed by atoms with Crippen molar-refractivity contribution in [3.8, 4) is 11.1 Å². The van der Waals surface area contributed by atoms with Crippen molar-refractivity contribution in [2.75, 3.05) is 61.3 Å². The van der Waals surface area contributed by atoms with E-state index in [2.05, 4.69) is 40.7 Å². The van der Waals surface area contributed by atoms with Gasteiger partial charge in [-0.1, -0.05) is 12.1 Å². The lowest BCUT2D eigenvalue weighted by atomic mass is 9.92. The third kappa shape index (κ3) is 8.72. The van der Waals surface area contributed by atoms with E-state index in [1.54, 1.807) is 28.9 Å². The SMILES string of the molecule is O=C1CCC(Nc2cnc(C3CCN(CC(=O)N4CCN(c5ccc(-c6cc(F)c7c(c6)C(O)N(C(C(=O)Nc6nccs6)c6ncn8c6CCC8)C7)cc5)CC4)CC3)c(F)c2)C(=O)N1. The molecule has 19 heteroatoms. The number of aryl methyl sites for hydroxylation is 1. The van der Waals surface area contributed by atoms with Crippen molar-refractivity contribution in [3.63, 3.8) is 0 Å². The number of rotatable bonds is 11. The monoisotopic (exact) mass is 905 g/mol. The summed E-state index contributed by atoms with van der Waals surface area (Å²) in [5.41, 5.74) is 5.40. The molecule has 3 aromatic heterocycles. The van der Waals surface area contributed by atoms with E-state index in [1.807, 2.05) is 33.7 Å². The van der Waals surface area contributed by atoms with Gasteiger partial charge in [0.1, 0.15) is 29.9 Å². The van der Waals surface area contributed by atoms with Gasteiger partial charge in [-0.3, -0.25) is 39.3 Å². The first kappa shape index (κ1) is 42.8. The maximum Gasteiger partial charge on any atom is 0.249 e. The number of hydrogen-bond acceptors (Lipinski definition) is 13. The molecular formula is C46H49F2N11O5S. The molecule has 4 amide bonds. The molecule has 65 heavy (non-hydrogen) atoms. The van der Waals surface area contributed by atoms with Crippen LogP contribution in [-0.2, 0) is 38.7 Å². The van der Waals surface area contributed by atoms with Crippen LogP contribution in [-0.4, -0.2) is 115 Å². The second-order valence-electron chi connectivity index (χ2n) is 17.4. The van der Waals surface area contributed by atoms with Crippen LogP contribution in [0.4, 0.5) is 25.3 Å². The van der Waals surface area contributed by atoms with Gasteiger partial charge in [0.25, 0.3) is 0 Å². The van der Waals surface area contributed by atoms with Crippen LogP contribution in [0, 0.1) is 11.6 Å². The lowest BCUT2D eigenvalue weighted by molar-refractivity contribution is -0.134. The van der Waals surface area contributed by atoms with E-state index in [1.165, 1.54) is 29.7 Å². The van der Waals surface area contributed by atoms with Crippen LogP contribution in [0.3, 0.4) is 0 Å². The number of aliphatic hydroxyl groups excluding tert-OH is 1. The number of nitrogens with one attached hydrogen (secondary N) is 3. The summed E-state index contributed by atoms with van der Waals surface area (Å²) in [5, 5.41) is 22.1. The third-order valence-corrected chi connectivity index (χ3v) is 14.1. The summed E-state index contributed by atoms with van der Waals surface area (Å²) in [6, 6.07) is 10.9. The molecular weight excluding hydrogens is 857 g/mol. The zero-order chi connectivity index (χ0) is 44.8. The minimum Gasteiger partial charge on any atom is -0.374 e. The Labute approximate surface area is 377 Å². The highest BCUT2D eigenvalue weighted by Gasteiger charge is 2.43. The van der Waals surface area contributed by atoms with E-state index in [-0.39, 0.29) is 36.6 Å². The smallest absolute Gasteiger partial charge is 0.249 e. The molecule has 3 fully saturated rings. The van der Waals surface area contributed by atoms with E-state index < -0.39 is 35.9 Å². The summed E-state index contributed by atoms with van der Waals surface area (Å²) in [5.74, 6) is -2.05. The van der Waals surface area contributed by atoms with Crippen LogP contribution in [0.25, 0.3) is 11.1 Å². The number of anilines is 3. The van der Waals surface area contributed by atoms with Crippen LogP contribution < -0.4 is 20.9 Å². The number of piperazine rings is 1. The number of imide groups is 1. The molecule has 0 saturated carbocycles. The molecule has 3 atom stereocenters. The standard InChI is InChI=1S/C46H49F2N11O5S/c47-34-21-29(20-32-33(34)24-59(45(32)64)42(44(63)54-46-49-11-19-65-46)41-37-2-1-12-58(37)26-51-41)27-3-5-31(6-4-27)56-15-17-57(18-16-56)39(61)25-55-13-9-28(10-14-55)40-35(48)22-30(23-50-40)52-36-7-8-38(60)53-43(36)62/h3-6,11,19-23,26,28,36,42,45,52,64H,1-2,7-10,12-18,24-25H2,(H,49,54,63)(H,53,60,62). The molecule has 0 bridgehead atoms. The predicted octanol–water partition coefficient (Wildman–Crippen LogP) is 4.56.